The van der Waals surface area contributed by atoms with E-state index in [1.54, 1.807) is 0 Å². The fourth-order valence-corrected chi connectivity index (χ4v) is 3.00. The third kappa shape index (κ3) is 4.87. The highest BCUT2D eigenvalue weighted by Gasteiger charge is 2.34. The Bertz CT molecular complexity index is 602. The van der Waals surface area contributed by atoms with E-state index >= 15 is 0 Å². The van der Waals surface area contributed by atoms with Crippen LogP contribution >= 0.6 is 0 Å². The lowest BCUT2D eigenvalue weighted by molar-refractivity contribution is -0.132. The summed E-state index contributed by atoms with van der Waals surface area (Å²) < 4.78 is 0. The molecule has 2 fully saturated rings. The fraction of sp³-hybridized carbons (Fsp3) is 0.579. The highest BCUT2D eigenvalue weighted by Crippen LogP contribution is 2.31. The number of amides is 3. The van der Waals surface area contributed by atoms with Crippen molar-refractivity contribution in [2.45, 2.75) is 26.7 Å². The van der Waals surface area contributed by atoms with Gasteiger partial charge in [-0.15, -0.1) is 0 Å². The summed E-state index contributed by atoms with van der Waals surface area (Å²) in [5.74, 6) is 1.07. The first-order valence-corrected chi connectivity index (χ1v) is 9.21. The first-order valence-electron chi connectivity index (χ1n) is 9.21. The molecule has 0 spiro atoms. The Morgan fingerprint density at radius 1 is 1.08 bits per heavy atom. The van der Waals surface area contributed by atoms with Crippen LogP contribution in [0.5, 0.6) is 0 Å². The summed E-state index contributed by atoms with van der Waals surface area (Å²) in [6.07, 6.45) is 2.14. The van der Waals surface area contributed by atoms with Crippen LogP contribution in [0.3, 0.4) is 0 Å². The van der Waals surface area contributed by atoms with E-state index in [9.17, 15) is 9.59 Å². The zero-order chi connectivity index (χ0) is 17.8. The van der Waals surface area contributed by atoms with E-state index in [1.807, 2.05) is 29.2 Å². The van der Waals surface area contributed by atoms with Crippen molar-refractivity contribution >= 4 is 23.3 Å². The highest BCUT2D eigenvalue weighted by molar-refractivity contribution is 5.89. The van der Waals surface area contributed by atoms with Crippen LogP contribution in [0.25, 0.3) is 0 Å². The summed E-state index contributed by atoms with van der Waals surface area (Å²) in [5, 5.41) is 5.69. The van der Waals surface area contributed by atoms with Gasteiger partial charge < -0.3 is 20.4 Å². The average Bonchev–Trinajstić information content (AvgIpc) is 3.45. The van der Waals surface area contributed by atoms with E-state index in [0.717, 1.165) is 50.4 Å². The predicted octanol–water partition coefficient (Wildman–Crippen LogP) is 2.52. The standard InChI is InChI=1S/C19H28N4O2/c1-14(2)13-20-19(25)21-16-5-7-17(8-6-16)22-9-11-23(12-10-22)18(24)15-3-4-15/h5-8,14-15H,3-4,9-13H2,1-2H3,(H2,20,21,25). The molecule has 0 unspecified atom stereocenters. The van der Waals surface area contributed by atoms with Crippen molar-refractivity contribution in [2.75, 3.05) is 42.9 Å². The van der Waals surface area contributed by atoms with Crippen molar-refractivity contribution in [3.05, 3.63) is 24.3 Å². The van der Waals surface area contributed by atoms with Crippen LogP contribution in [-0.2, 0) is 4.79 Å². The van der Waals surface area contributed by atoms with Gasteiger partial charge >= 0.3 is 6.03 Å². The van der Waals surface area contributed by atoms with Gasteiger partial charge in [-0.05, 0) is 43.0 Å². The molecule has 1 aromatic rings. The molecule has 1 saturated heterocycles. The van der Waals surface area contributed by atoms with Crippen molar-refractivity contribution < 1.29 is 9.59 Å². The van der Waals surface area contributed by atoms with Gasteiger partial charge in [0.2, 0.25) is 5.91 Å². The molecule has 3 rings (SSSR count). The van der Waals surface area contributed by atoms with Crippen LogP contribution in [0.2, 0.25) is 0 Å². The Morgan fingerprint density at radius 2 is 1.72 bits per heavy atom. The van der Waals surface area contributed by atoms with Crippen LogP contribution in [0.4, 0.5) is 16.2 Å². The van der Waals surface area contributed by atoms with Crippen molar-refractivity contribution in [2.24, 2.45) is 11.8 Å². The normalized spacial score (nSPS) is 17.6. The molecular weight excluding hydrogens is 316 g/mol. The van der Waals surface area contributed by atoms with Crippen LogP contribution in [0, 0.1) is 11.8 Å². The summed E-state index contributed by atoms with van der Waals surface area (Å²) in [6, 6.07) is 7.72. The van der Waals surface area contributed by atoms with E-state index in [0.29, 0.717) is 24.3 Å². The number of carbonyl (C=O) groups excluding carboxylic acids is 2. The first kappa shape index (κ1) is 17.6. The van der Waals surface area contributed by atoms with Gasteiger partial charge in [0.15, 0.2) is 0 Å². The van der Waals surface area contributed by atoms with Gasteiger partial charge in [0.25, 0.3) is 0 Å². The molecule has 0 aromatic heterocycles. The zero-order valence-corrected chi connectivity index (χ0v) is 15.1. The second kappa shape index (κ2) is 7.76. The molecule has 0 bridgehead atoms. The Kier molecular flexibility index (Phi) is 5.46. The molecule has 1 heterocycles. The maximum atomic E-state index is 12.1. The summed E-state index contributed by atoms with van der Waals surface area (Å²) in [5.41, 5.74) is 1.92. The third-order valence-corrected chi connectivity index (χ3v) is 4.68. The van der Waals surface area contributed by atoms with E-state index in [2.05, 4.69) is 29.4 Å². The Morgan fingerprint density at radius 3 is 2.28 bits per heavy atom. The largest absolute Gasteiger partial charge is 0.368 e. The van der Waals surface area contributed by atoms with Crippen molar-refractivity contribution in [1.29, 1.82) is 0 Å². The summed E-state index contributed by atoms with van der Waals surface area (Å²) in [7, 11) is 0. The molecule has 1 saturated carbocycles. The van der Waals surface area contributed by atoms with Crippen molar-refractivity contribution in [3.63, 3.8) is 0 Å². The second-order valence-corrected chi connectivity index (χ2v) is 7.36. The molecule has 0 atom stereocenters. The molecule has 2 N–H and O–H groups in total. The van der Waals surface area contributed by atoms with Crippen LogP contribution in [0.1, 0.15) is 26.7 Å². The fourth-order valence-electron chi connectivity index (χ4n) is 3.00. The number of carbonyl (C=O) groups is 2. The van der Waals surface area contributed by atoms with E-state index in [4.69, 9.17) is 0 Å². The van der Waals surface area contributed by atoms with E-state index < -0.39 is 0 Å². The van der Waals surface area contributed by atoms with Crippen LogP contribution in [0.15, 0.2) is 24.3 Å². The minimum atomic E-state index is -0.173. The lowest BCUT2D eigenvalue weighted by Gasteiger charge is -2.36. The highest BCUT2D eigenvalue weighted by atomic mass is 16.2. The molecule has 6 heteroatoms. The maximum Gasteiger partial charge on any atom is 0.319 e. The number of piperazine rings is 1. The number of nitrogens with zero attached hydrogens (tertiary/aromatic N) is 2. The van der Waals surface area contributed by atoms with Gasteiger partial charge in [-0.1, -0.05) is 13.8 Å². The number of urea groups is 1. The topological polar surface area (TPSA) is 64.7 Å². The van der Waals surface area contributed by atoms with Gasteiger partial charge in [0.1, 0.15) is 0 Å². The van der Waals surface area contributed by atoms with Crippen molar-refractivity contribution in [1.82, 2.24) is 10.2 Å². The molecule has 1 aliphatic carbocycles. The monoisotopic (exact) mass is 344 g/mol. The molecular formula is C19H28N4O2. The van der Waals surface area contributed by atoms with E-state index in [1.165, 1.54) is 0 Å². The van der Waals surface area contributed by atoms with Crippen molar-refractivity contribution in [3.8, 4) is 0 Å². The Balaban J connectivity index is 1.47. The smallest absolute Gasteiger partial charge is 0.319 e. The zero-order valence-electron chi connectivity index (χ0n) is 15.1. The Hall–Kier alpha value is -2.24. The summed E-state index contributed by atoms with van der Waals surface area (Å²) in [4.78, 5) is 28.2. The molecule has 2 aliphatic rings. The van der Waals surface area contributed by atoms with Gasteiger partial charge in [0.05, 0.1) is 0 Å². The summed E-state index contributed by atoms with van der Waals surface area (Å²) in [6.45, 7) is 8.11. The Labute approximate surface area is 149 Å². The van der Waals surface area contributed by atoms with Gasteiger partial charge in [-0.25, -0.2) is 4.79 Å². The number of rotatable bonds is 5. The summed E-state index contributed by atoms with van der Waals surface area (Å²) >= 11 is 0. The molecule has 6 nitrogen and oxygen atoms in total. The number of benzene rings is 1. The van der Waals surface area contributed by atoms with Crippen LogP contribution < -0.4 is 15.5 Å². The SMILES string of the molecule is CC(C)CNC(=O)Nc1ccc(N2CCN(C(=O)C3CC3)CC2)cc1. The molecule has 0 radical (unpaired) electrons. The molecule has 136 valence electrons. The second-order valence-electron chi connectivity index (χ2n) is 7.36. The van der Waals surface area contributed by atoms with Gasteiger partial charge in [-0.3, -0.25) is 4.79 Å². The third-order valence-electron chi connectivity index (χ3n) is 4.68. The first-order chi connectivity index (χ1) is 12.0. The average molecular weight is 344 g/mol. The van der Waals surface area contributed by atoms with Gasteiger partial charge in [0, 0.05) is 50.0 Å². The molecule has 3 amide bonds. The number of nitrogens with one attached hydrogen (secondary N) is 2. The lowest BCUT2D eigenvalue weighted by atomic mass is 10.2. The number of hydrogen-bond donors (Lipinski definition) is 2. The minimum Gasteiger partial charge on any atom is -0.368 e. The maximum absolute atomic E-state index is 12.1. The van der Waals surface area contributed by atoms with E-state index in [-0.39, 0.29) is 6.03 Å². The van der Waals surface area contributed by atoms with Gasteiger partial charge in [-0.2, -0.15) is 0 Å². The lowest BCUT2D eigenvalue weighted by Crippen LogP contribution is -2.49. The molecule has 25 heavy (non-hydrogen) atoms. The van der Waals surface area contributed by atoms with Crippen LogP contribution in [-0.4, -0.2) is 49.6 Å². The quantitative estimate of drug-likeness (QED) is 0.863. The number of anilines is 2. The predicted molar refractivity (Wildman–Crippen MR) is 99.8 cm³/mol. The molecule has 1 aromatic carbocycles. The minimum absolute atomic E-state index is 0.173. The number of hydrogen-bond acceptors (Lipinski definition) is 3. The molecule has 1 aliphatic heterocycles.